The van der Waals surface area contributed by atoms with Gasteiger partial charge in [0.15, 0.2) is 0 Å². The molecule has 19 heavy (non-hydrogen) atoms. The van der Waals surface area contributed by atoms with Gasteiger partial charge in [0.1, 0.15) is 6.04 Å². The number of carboxylic acid groups (broad SMARTS) is 1. The van der Waals surface area contributed by atoms with Crippen LogP contribution in [0.25, 0.3) is 0 Å². The molecule has 1 saturated heterocycles. The molecule has 0 aliphatic carbocycles. The Balaban J connectivity index is 2.10. The average molecular weight is 280 g/mol. The number of aryl methyl sites for hydroxylation is 1. The number of aliphatic carboxylic acids is 1. The second kappa shape index (κ2) is 5.52. The number of hydrogen-bond acceptors (Lipinski definition) is 3. The van der Waals surface area contributed by atoms with Crippen molar-refractivity contribution in [2.24, 2.45) is 0 Å². The van der Waals surface area contributed by atoms with Crippen molar-refractivity contribution < 1.29 is 14.7 Å². The maximum Gasteiger partial charge on any atom is 0.327 e. The zero-order valence-electron chi connectivity index (χ0n) is 10.8. The van der Waals surface area contributed by atoms with Gasteiger partial charge in [-0.15, -0.1) is 11.8 Å². The molecule has 1 heterocycles. The van der Waals surface area contributed by atoms with Crippen molar-refractivity contribution in [2.45, 2.75) is 25.3 Å². The first kappa shape index (κ1) is 13.7. The van der Waals surface area contributed by atoms with Crippen LogP contribution < -0.4 is 5.32 Å². The van der Waals surface area contributed by atoms with Crippen molar-refractivity contribution in [3.05, 3.63) is 29.8 Å². The van der Waals surface area contributed by atoms with Crippen LogP contribution in [0.2, 0.25) is 0 Å². The van der Waals surface area contributed by atoms with E-state index in [4.69, 9.17) is 5.11 Å². The van der Waals surface area contributed by atoms with Crippen molar-refractivity contribution in [1.82, 2.24) is 4.90 Å². The summed E-state index contributed by atoms with van der Waals surface area (Å²) in [5.41, 5.74) is 1.77. The van der Waals surface area contributed by atoms with Crippen LogP contribution in [0.5, 0.6) is 0 Å². The van der Waals surface area contributed by atoms with Gasteiger partial charge in [-0.05, 0) is 26.0 Å². The van der Waals surface area contributed by atoms with Gasteiger partial charge in [-0.2, -0.15) is 0 Å². The highest BCUT2D eigenvalue weighted by Gasteiger charge is 2.39. The fraction of sp³-hybridized carbons (Fsp3) is 0.385. The molecule has 1 aromatic carbocycles. The quantitative estimate of drug-likeness (QED) is 0.872. The fourth-order valence-electron chi connectivity index (χ4n) is 1.97. The molecule has 0 saturated carbocycles. The number of amides is 2. The number of rotatable bonds is 2. The number of carbonyl (C=O) groups is 2. The standard InChI is InChI=1S/C13H16N2O3S/c1-8-3-5-10(6-4-8)14-13(18)15-9(2)19-7-11(15)12(16)17/h3-6,9,11H,7H2,1-2H3,(H,14,18)(H,16,17). The van der Waals surface area contributed by atoms with Gasteiger partial charge in [-0.25, -0.2) is 9.59 Å². The van der Waals surface area contributed by atoms with E-state index >= 15 is 0 Å². The number of carboxylic acids is 1. The number of anilines is 1. The van der Waals surface area contributed by atoms with Crippen LogP contribution in [-0.4, -0.2) is 39.2 Å². The molecule has 1 aromatic rings. The second-order valence-corrected chi connectivity index (χ2v) is 5.84. The monoisotopic (exact) mass is 280 g/mol. The lowest BCUT2D eigenvalue weighted by Gasteiger charge is -2.25. The van der Waals surface area contributed by atoms with E-state index in [0.717, 1.165) is 5.56 Å². The van der Waals surface area contributed by atoms with Crippen LogP contribution in [0.15, 0.2) is 24.3 Å². The fourth-order valence-corrected chi connectivity index (χ4v) is 3.13. The van der Waals surface area contributed by atoms with E-state index in [1.54, 1.807) is 12.1 Å². The zero-order chi connectivity index (χ0) is 14.0. The highest BCUT2D eigenvalue weighted by molar-refractivity contribution is 8.00. The summed E-state index contributed by atoms with van der Waals surface area (Å²) in [7, 11) is 0. The molecular weight excluding hydrogens is 264 g/mol. The van der Waals surface area contributed by atoms with E-state index in [1.807, 2.05) is 26.0 Å². The molecule has 0 radical (unpaired) electrons. The van der Waals surface area contributed by atoms with Crippen LogP contribution >= 0.6 is 11.8 Å². The molecule has 2 unspecified atom stereocenters. The van der Waals surface area contributed by atoms with Crippen molar-refractivity contribution >= 4 is 29.4 Å². The topological polar surface area (TPSA) is 69.6 Å². The van der Waals surface area contributed by atoms with E-state index in [1.165, 1.54) is 16.7 Å². The molecule has 1 aliphatic rings. The lowest BCUT2D eigenvalue weighted by molar-refractivity contribution is -0.141. The van der Waals surface area contributed by atoms with Gasteiger partial charge in [0, 0.05) is 11.4 Å². The molecule has 5 nitrogen and oxygen atoms in total. The normalized spacial score (nSPS) is 22.3. The smallest absolute Gasteiger partial charge is 0.327 e. The second-order valence-electron chi connectivity index (χ2n) is 4.49. The van der Waals surface area contributed by atoms with Crippen molar-refractivity contribution in [3.8, 4) is 0 Å². The van der Waals surface area contributed by atoms with Gasteiger partial charge in [-0.1, -0.05) is 17.7 Å². The number of urea groups is 1. The predicted octanol–water partition coefficient (Wildman–Crippen LogP) is 2.37. The molecule has 2 atom stereocenters. The Morgan fingerprint density at radius 1 is 1.37 bits per heavy atom. The molecule has 102 valence electrons. The van der Waals surface area contributed by atoms with E-state index < -0.39 is 12.0 Å². The summed E-state index contributed by atoms with van der Waals surface area (Å²) >= 11 is 1.47. The Labute approximate surface area is 116 Å². The Morgan fingerprint density at radius 3 is 2.58 bits per heavy atom. The number of nitrogens with one attached hydrogen (secondary N) is 1. The third-order valence-electron chi connectivity index (χ3n) is 3.05. The first-order valence-corrected chi connectivity index (χ1v) is 7.04. The van der Waals surface area contributed by atoms with Crippen molar-refractivity contribution in [1.29, 1.82) is 0 Å². The van der Waals surface area contributed by atoms with E-state index in [-0.39, 0.29) is 11.4 Å². The molecule has 0 spiro atoms. The molecule has 1 fully saturated rings. The number of nitrogens with zero attached hydrogens (tertiary/aromatic N) is 1. The van der Waals surface area contributed by atoms with E-state index in [2.05, 4.69) is 5.32 Å². The van der Waals surface area contributed by atoms with Gasteiger partial charge in [0.2, 0.25) is 0 Å². The molecule has 2 amide bonds. The number of thioether (sulfide) groups is 1. The van der Waals surface area contributed by atoms with Crippen molar-refractivity contribution in [2.75, 3.05) is 11.1 Å². The number of hydrogen-bond donors (Lipinski definition) is 2. The molecule has 1 aliphatic heterocycles. The Morgan fingerprint density at radius 2 is 2.00 bits per heavy atom. The van der Waals surface area contributed by atoms with Gasteiger partial charge < -0.3 is 10.4 Å². The Bertz CT molecular complexity index is 489. The summed E-state index contributed by atoms with van der Waals surface area (Å²) in [5, 5.41) is 11.7. The Kier molecular flexibility index (Phi) is 3.99. The van der Waals surface area contributed by atoms with Gasteiger partial charge in [-0.3, -0.25) is 4.90 Å². The number of benzene rings is 1. The predicted molar refractivity (Wildman–Crippen MR) is 75.4 cm³/mol. The first-order chi connectivity index (χ1) is 8.99. The Hall–Kier alpha value is -1.69. The third kappa shape index (κ3) is 3.01. The molecular formula is C13H16N2O3S. The first-order valence-electron chi connectivity index (χ1n) is 5.99. The number of carbonyl (C=O) groups excluding carboxylic acids is 1. The molecule has 6 heteroatoms. The lowest BCUT2D eigenvalue weighted by Crippen LogP contribution is -2.46. The largest absolute Gasteiger partial charge is 0.480 e. The minimum absolute atomic E-state index is 0.133. The lowest BCUT2D eigenvalue weighted by atomic mass is 10.2. The molecule has 2 rings (SSSR count). The maximum absolute atomic E-state index is 12.2. The van der Waals surface area contributed by atoms with Gasteiger partial charge >= 0.3 is 12.0 Å². The highest BCUT2D eigenvalue weighted by atomic mass is 32.2. The van der Waals surface area contributed by atoms with Gasteiger partial charge in [0.25, 0.3) is 0 Å². The average Bonchev–Trinajstić information content (AvgIpc) is 2.74. The highest BCUT2D eigenvalue weighted by Crippen LogP contribution is 2.29. The summed E-state index contributed by atoms with van der Waals surface area (Å²) < 4.78 is 0. The maximum atomic E-state index is 12.2. The minimum atomic E-state index is -0.962. The summed E-state index contributed by atoms with van der Waals surface area (Å²) in [5.74, 6) is -0.534. The van der Waals surface area contributed by atoms with Crippen LogP contribution in [0.4, 0.5) is 10.5 Å². The van der Waals surface area contributed by atoms with Crippen LogP contribution in [0, 0.1) is 6.92 Å². The van der Waals surface area contributed by atoms with Crippen molar-refractivity contribution in [3.63, 3.8) is 0 Å². The molecule has 2 N–H and O–H groups in total. The third-order valence-corrected chi connectivity index (χ3v) is 4.26. The summed E-state index contributed by atoms with van der Waals surface area (Å²) in [6, 6.07) is 6.27. The summed E-state index contributed by atoms with van der Waals surface area (Å²) in [6.45, 7) is 3.80. The summed E-state index contributed by atoms with van der Waals surface area (Å²) in [4.78, 5) is 24.7. The summed E-state index contributed by atoms with van der Waals surface area (Å²) in [6.07, 6.45) is 0. The zero-order valence-corrected chi connectivity index (χ0v) is 11.6. The van der Waals surface area contributed by atoms with Crippen LogP contribution in [-0.2, 0) is 4.79 Å². The van der Waals surface area contributed by atoms with E-state index in [0.29, 0.717) is 11.4 Å². The van der Waals surface area contributed by atoms with E-state index in [9.17, 15) is 9.59 Å². The molecule has 0 bridgehead atoms. The van der Waals surface area contributed by atoms with Crippen LogP contribution in [0.1, 0.15) is 12.5 Å². The minimum Gasteiger partial charge on any atom is -0.480 e. The van der Waals surface area contributed by atoms with Crippen LogP contribution in [0.3, 0.4) is 0 Å². The molecule has 0 aromatic heterocycles. The van der Waals surface area contributed by atoms with Gasteiger partial charge in [0.05, 0.1) is 5.37 Å². The SMILES string of the molecule is Cc1ccc(NC(=O)N2C(C)SCC2C(=O)O)cc1.